The topological polar surface area (TPSA) is 52.8 Å². The Hall–Kier alpha value is -0.730. The number of aromatic nitrogens is 4. The number of methoxy groups -OCH3 is 1. The molecule has 2 rings (SSSR count). The summed E-state index contributed by atoms with van der Waals surface area (Å²) in [5.41, 5.74) is 2.54. The largest absolute Gasteiger partial charge is 0.378 e. The maximum atomic E-state index is 6.24. The normalized spacial score (nSPS) is 12.0. The van der Waals surface area contributed by atoms with Crippen molar-refractivity contribution in [3.8, 4) is 11.4 Å². The van der Waals surface area contributed by atoms with Crippen molar-refractivity contribution in [1.82, 2.24) is 19.7 Å². The first-order valence-electron chi connectivity index (χ1n) is 6.49. The Bertz CT molecular complexity index is 664. The van der Waals surface area contributed by atoms with Crippen molar-refractivity contribution in [2.75, 3.05) is 7.11 Å². The minimum Gasteiger partial charge on any atom is -0.378 e. The van der Waals surface area contributed by atoms with E-state index in [9.17, 15) is 0 Å². The Morgan fingerprint density at radius 3 is 2.57 bits per heavy atom. The SMILES string of the molecule is COCc1nc(-c2cn(C)nc2C(C)(C)C)nc(Cl)c1I. The Morgan fingerprint density at radius 2 is 2.00 bits per heavy atom. The molecule has 114 valence electrons. The number of hydrogen-bond acceptors (Lipinski definition) is 4. The maximum Gasteiger partial charge on any atom is 0.164 e. The van der Waals surface area contributed by atoms with Crippen molar-refractivity contribution in [2.24, 2.45) is 7.05 Å². The van der Waals surface area contributed by atoms with Crippen LogP contribution in [0.15, 0.2) is 6.20 Å². The number of halogens is 2. The zero-order valence-corrected chi connectivity index (χ0v) is 15.7. The van der Waals surface area contributed by atoms with E-state index in [2.05, 4.69) is 58.4 Å². The van der Waals surface area contributed by atoms with Crippen molar-refractivity contribution >= 4 is 34.2 Å². The molecule has 0 aliphatic rings. The van der Waals surface area contributed by atoms with Gasteiger partial charge in [-0.3, -0.25) is 4.68 Å². The monoisotopic (exact) mass is 420 g/mol. The summed E-state index contributed by atoms with van der Waals surface area (Å²) < 4.78 is 7.78. The van der Waals surface area contributed by atoms with Crippen LogP contribution in [0.4, 0.5) is 0 Å². The van der Waals surface area contributed by atoms with Crippen LogP contribution < -0.4 is 0 Å². The molecule has 0 N–H and O–H groups in total. The van der Waals surface area contributed by atoms with Gasteiger partial charge in [0.15, 0.2) is 5.82 Å². The van der Waals surface area contributed by atoms with E-state index in [0.29, 0.717) is 17.6 Å². The summed E-state index contributed by atoms with van der Waals surface area (Å²) in [7, 11) is 3.53. The number of ether oxygens (including phenoxy) is 1. The Morgan fingerprint density at radius 1 is 1.33 bits per heavy atom. The van der Waals surface area contributed by atoms with Gasteiger partial charge in [0.2, 0.25) is 0 Å². The van der Waals surface area contributed by atoms with Gasteiger partial charge in [0, 0.05) is 25.8 Å². The van der Waals surface area contributed by atoms with Crippen LogP contribution in [0.5, 0.6) is 0 Å². The molecule has 2 aromatic heterocycles. The highest BCUT2D eigenvalue weighted by Gasteiger charge is 2.25. The third-order valence-electron chi connectivity index (χ3n) is 2.94. The lowest BCUT2D eigenvalue weighted by molar-refractivity contribution is 0.181. The second-order valence-corrected chi connectivity index (χ2v) is 7.28. The molecular weight excluding hydrogens is 403 g/mol. The number of rotatable bonds is 3. The van der Waals surface area contributed by atoms with Gasteiger partial charge in [0.25, 0.3) is 0 Å². The van der Waals surface area contributed by atoms with Crippen molar-refractivity contribution < 1.29 is 4.74 Å². The first-order chi connectivity index (χ1) is 9.74. The van der Waals surface area contributed by atoms with Gasteiger partial charge in [-0.1, -0.05) is 32.4 Å². The highest BCUT2D eigenvalue weighted by molar-refractivity contribution is 14.1. The van der Waals surface area contributed by atoms with Gasteiger partial charge in [-0.2, -0.15) is 5.10 Å². The third-order valence-corrected chi connectivity index (χ3v) is 4.67. The highest BCUT2D eigenvalue weighted by Crippen LogP contribution is 2.31. The number of nitrogens with zero attached hydrogens (tertiary/aromatic N) is 4. The molecule has 0 aromatic carbocycles. The molecule has 0 atom stereocenters. The van der Waals surface area contributed by atoms with Crippen LogP contribution in [-0.2, 0) is 23.8 Å². The molecule has 2 aromatic rings. The molecule has 2 heterocycles. The molecular formula is C14H18ClIN4O. The number of aryl methyl sites for hydroxylation is 1. The van der Waals surface area contributed by atoms with Crippen LogP contribution in [-0.4, -0.2) is 26.9 Å². The van der Waals surface area contributed by atoms with Crippen LogP contribution in [0.25, 0.3) is 11.4 Å². The van der Waals surface area contributed by atoms with Gasteiger partial charge < -0.3 is 4.74 Å². The molecule has 0 aliphatic carbocycles. The fraction of sp³-hybridized carbons (Fsp3) is 0.500. The average Bonchev–Trinajstić information content (AvgIpc) is 2.77. The van der Waals surface area contributed by atoms with Gasteiger partial charge in [0.1, 0.15) is 5.15 Å². The van der Waals surface area contributed by atoms with Gasteiger partial charge in [-0.05, 0) is 22.6 Å². The first kappa shape index (κ1) is 16.6. The minimum atomic E-state index is -0.100. The molecule has 0 radical (unpaired) electrons. The van der Waals surface area contributed by atoms with E-state index in [-0.39, 0.29) is 5.41 Å². The van der Waals surface area contributed by atoms with Gasteiger partial charge >= 0.3 is 0 Å². The maximum absolute atomic E-state index is 6.24. The van der Waals surface area contributed by atoms with E-state index in [4.69, 9.17) is 16.3 Å². The van der Waals surface area contributed by atoms with Crippen molar-refractivity contribution in [3.63, 3.8) is 0 Å². The average molecular weight is 421 g/mol. The van der Waals surface area contributed by atoms with Gasteiger partial charge in [-0.15, -0.1) is 0 Å². The lowest BCUT2D eigenvalue weighted by atomic mass is 9.89. The zero-order valence-electron chi connectivity index (χ0n) is 12.7. The Kier molecular flexibility index (Phi) is 4.89. The Balaban J connectivity index is 2.62. The highest BCUT2D eigenvalue weighted by atomic mass is 127. The summed E-state index contributed by atoms with van der Waals surface area (Å²) in [6.45, 7) is 6.74. The predicted octanol–water partition coefficient (Wildman–Crippen LogP) is 3.58. The van der Waals surface area contributed by atoms with Gasteiger partial charge in [0.05, 0.1) is 27.1 Å². The molecule has 5 nitrogen and oxygen atoms in total. The third kappa shape index (κ3) is 3.54. The Labute approximate surface area is 143 Å². The quantitative estimate of drug-likeness (QED) is 0.563. The summed E-state index contributed by atoms with van der Waals surface area (Å²) in [5.74, 6) is 0.588. The minimum absolute atomic E-state index is 0.100. The fourth-order valence-corrected chi connectivity index (χ4v) is 2.61. The lowest BCUT2D eigenvalue weighted by Crippen LogP contribution is -2.14. The zero-order chi connectivity index (χ0) is 15.8. The van der Waals surface area contributed by atoms with E-state index < -0.39 is 0 Å². The molecule has 0 bridgehead atoms. The molecule has 0 saturated carbocycles. The van der Waals surface area contributed by atoms with Crippen molar-refractivity contribution in [2.45, 2.75) is 32.8 Å². The predicted molar refractivity (Wildman–Crippen MR) is 91.4 cm³/mol. The molecule has 7 heteroatoms. The van der Waals surface area contributed by atoms with Crippen molar-refractivity contribution in [1.29, 1.82) is 0 Å². The van der Waals surface area contributed by atoms with E-state index in [1.165, 1.54) is 0 Å². The summed E-state index contributed by atoms with van der Waals surface area (Å²) in [6, 6.07) is 0. The first-order valence-corrected chi connectivity index (χ1v) is 7.95. The van der Waals surface area contributed by atoms with E-state index in [1.54, 1.807) is 11.8 Å². The summed E-state index contributed by atoms with van der Waals surface area (Å²) >= 11 is 8.37. The fourth-order valence-electron chi connectivity index (χ4n) is 2.02. The summed E-state index contributed by atoms with van der Waals surface area (Å²) in [4.78, 5) is 9.01. The number of hydrogen-bond donors (Lipinski definition) is 0. The van der Waals surface area contributed by atoms with Crippen LogP contribution in [0, 0.1) is 3.57 Å². The molecule has 0 fully saturated rings. The second kappa shape index (κ2) is 6.18. The lowest BCUT2D eigenvalue weighted by Gasteiger charge is -2.17. The smallest absolute Gasteiger partial charge is 0.164 e. The van der Waals surface area contributed by atoms with Crippen LogP contribution in [0.2, 0.25) is 5.15 Å². The van der Waals surface area contributed by atoms with Crippen LogP contribution >= 0.6 is 34.2 Å². The van der Waals surface area contributed by atoms with E-state index in [1.807, 2.05) is 13.2 Å². The molecule has 0 saturated heterocycles. The molecule has 0 spiro atoms. The molecule has 0 unspecified atom stereocenters. The van der Waals surface area contributed by atoms with E-state index >= 15 is 0 Å². The van der Waals surface area contributed by atoms with E-state index in [0.717, 1.165) is 20.5 Å². The molecule has 21 heavy (non-hydrogen) atoms. The summed E-state index contributed by atoms with van der Waals surface area (Å²) in [5, 5.41) is 4.99. The standard InChI is InChI=1S/C14H18ClIN4O/c1-14(2,3)11-8(6-20(4)19-11)13-17-9(7-21-5)10(16)12(15)18-13/h6H,7H2,1-5H3. The molecule has 0 aliphatic heterocycles. The van der Waals surface area contributed by atoms with Crippen LogP contribution in [0.1, 0.15) is 32.2 Å². The molecule has 0 amide bonds. The van der Waals surface area contributed by atoms with Crippen LogP contribution in [0.3, 0.4) is 0 Å². The van der Waals surface area contributed by atoms with Gasteiger partial charge in [-0.25, -0.2) is 9.97 Å². The second-order valence-electron chi connectivity index (χ2n) is 5.85. The summed E-state index contributed by atoms with van der Waals surface area (Å²) in [6.07, 6.45) is 1.93. The van der Waals surface area contributed by atoms with Crippen molar-refractivity contribution in [3.05, 3.63) is 26.3 Å².